The molecule has 0 amide bonds. The third-order valence-electron chi connectivity index (χ3n) is 5.42. The van der Waals surface area contributed by atoms with Crippen LogP contribution in [0.15, 0.2) is 30.7 Å². The van der Waals surface area contributed by atoms with Gasteiger partial charge < -0.3 is 5.32 Å². The smallest absolute Gasteiger partial charge is 0.324 e. The van der Waals surface area contributed by atoms with E-state index in [2.05, 4.69) is 35.2 Å². The molecule has 0 aromatic carbocycles. The van der Waals surface area contributed by atoms with Crippen molar-refractivity contribution in [3.8, 4) is 11.5 Å². The van der Waals surface area contributed by atoms with Gasteiger partial charge >= 0.3 is 12.4 Å². The number of pyridine rings is 1. The third kappa shape index (κ3) is 6.37. The average molecular weight is 519 g/mol. The van der Waals surface area contributed by atoms with Crippen LogP contribution in [-0.2, 0) is 18.8 Å². The van der Waals surface area contributed by atoms with Gasteiger partial charge in [-0.1, -0.05) is 0 Å². The van der Waals surface area contributed by atoms with Crippen LogP contribution in [0.4, 0.5) is 46.8 Å². The first-order chi connectivity index (χ1) is 16.8. The van der Waals surface area contributed by atoms with Crippen molar-refractivity contribution in [2.24, 2.45) is 5.92 Å². The monoisotopic (exact) mass is 519 g/mol. The van der Waals surface area contributed by atoms with E-state index < -0.39 is 29.7 Å². The maximum atomic E-state index is 13.5. The van der Waals surface area contributed by atoms with Crippen LogP contribution in [0.1, 0.15) is 42.9 Å². The van der Waals surface area contributed by atoms with Gasteiger partial charge in [-0.15, -0.1) is 0 Å². The van der Waals surface area contributed by atoms with Gasteiger partial charge in [0.2, 0.25) is 11.9 Å². The molecule has 1 fully saturated rings. The Labute approximate surface area is 198 Å². The summed E-state index contributed by atoms with van der Waals surface area (Å²) in [6.07, 6.45) is -6.98. The summed E-state index contributed by atoms with van der Waals surface area (Å²) < 4.78 is 105. The molecule has 3 aromatic rings. The summed E-state index contributed by atoms with van der Waals surface area (Å²) in [5.41, 5.74) is -2.93. The topological polar surface area (TPSA) is 89.4 Å². The maximum Gasteiger partial charge on any atom is 0.434 e. The minimum atomic E-state index is -4.79. The van der Waals surface area contributed by atoms with E-state index >= 15 is 0 Å². The number of rotatable bonds is 6. The molecule has 0 saturated heterocycles. The van der Waals surface area contributed by atoms with Gasteiger partial charge in [0.05, 0.1) is 12.4 Å². The molecule has 4 rings (SSSR count). The normalized spacial score (nSPS) is 17.8. The summed E-state index contributed by atoms with van der Waals surface area (Å²) in [6, 6.07) is 1.91. The highest BCUT2D eigenvalue weighted by Crippen LogP contribution is 2.40. The zero-order valence-electron chi connectivity index (χ0n) is 18.2. The van der Waals surface area contributed by atoms with Gasteiger partial charge in [-0.25, -0.2) is 18.7 Å². The van der Waals surface area contributed by atoms with Crippen molar-refractivity contribution in [2.75, 3.05) is 5.32 Å². The van der Waals surface area contributed by atoms with Gasteiger partial charge in [0.25, 0.3) is 0 Å². The van der Waals surface area contributed by atoms with E-state index in [9.17, 15) is 35.1 Å². The van der Waals surface area contributed by atoms with E-state index in [0.29, 0.717) is 18.7 Å². The molecule has 0 bridgehead atoms. The highest BCUT2D eigenvalue weighted by molar-refractivity contribution is 5.56. The first-order valence-corrected chi connectivity index (χ1v) is 10.6. The highest BCUT2D eigenvalue weighted by atomic mass is 19.4. The summed E-state index contributed by atoms with van der Waals surface area (Å²) in [6.45, 7) is 0. The van der Waals surface area contributed by atoms with Crippen molar-refractivity contribution in [3.05, 3.63) is 47.9 Å². The molecule has 192 valence electrons. The van der Waals surface area contributed by atoms with Gasteiger partial charge in [0.15, 0.2) is 11.5 Å². The van der Waals surface area contributed by atoms with E-state index in [0.717, 1.165) is 12.4 Å². The number of aromatic nitrogens is 6. The van der Waals surface area contributed by atoms with E-state index in [1.165, 1.54) is 6.07 Å². The molecule has 1 aliphatic carbocycles. The summed E-state index contributed by atoms with van der Waals surface area (Å²) >= 11 is 0. The van der Waals surface area contributed by atoms with Gasteiger partial charge in [-0.2, -0.15) is 36.3 Å². The molecule has 15 heteroatoms. The minimum absolute atomic E-state index is 0.0435. The Morgan fingerprint density at radius 1 is 0.944 bits per heavy atom. The molecule has 0 unspecified atom stereocenters. The molecule has 0 aliphatic heterocycles. The minimum Gasteiger partial charge on any atom is -0.324 e. The Hall–Kier alpha value is -3.52. The van der Waals surface area contributed by atoms with Crippen LogP contribution < -0.4 is 5.32 Å². The molecule has 1 aliphatic rings. The maximum absolute atomic E-state index is 13.5. The van der Waals surface area contributed by atoms with Crippen molar-refractivity contribution in [2.45, 2.75) is 50.4 Å². The lowest BCUT2D eigenvalue weighted by Crippen LogP contribution is -2.12. The first kappa shape index (κ1) is 25.6. The van der Waals surface area contributed by atoms with Crippen LogP contribution in [0.5, 0.6) is 0 Å². The van der Waals surface area contributed by atoms with Crippen LogP contribution >= 0.6 is 0 Å². The Morgan fingerprint density at radius 2 is 1.69 bits per heavy atom. The Balaban J connectivity index is 1.66. The number of nitrogens with zero attached hydrogens (tertiary/aromatic N) is 6. The number of hydrogen-bond donors (Lipinski definition) is 1. The molecular formula is C21H17F8N7. The van der Waals surface area contributed by atoms with Gasteiger partial charge in [-0.3, -0.25) is 9.97 Å². The predicted octanol–water partition coefficient (Wildman–Crippen LogP) is 5.87. The number of hydrogen-bond acceptors (Lipinski definition) is 7. The molecule has 7 nitrogen and oxygen atoms in total. The van der Waals surface area contributed by atoms with Crippen molar-refractivity contribution >= 4 is 11.6 Å². The second kappa shape index (κ2) is 9.50. The molecule has 1 N–H and O–H groups in total. The van der Waals surface area contributed by atoms with Gasteiger partial charge in [0.1, 0.15) is 17.2 Å². The number of nitrogens with one attached hydrogen (secondary N) is 1. The van der Waals surface area contributed by atoms with E-state index in [1.807, 2.05) is 0 Å². The molecule has 3 aromatic heterocycles. The summed E-state index contributed by atoms with van der Waals surface area (Å²) in [4.78, 5) is 22.5. The second-order valence-electron chi connectivity index (χ2n) is 8.24. The van der Waals surface area contributed by atoms with Crippen LogP contribution in [-0.4, -0.2) is 35.8 Å². The van der Waals surface area contributed by atoms with E-state index in [-0.39, 0.29) is 60.6 Å². The fourth-order valence-electron chi connectivity index (χ4n) is 3.73. The first-order valence-electron chi connectivity index (χ1n) is 10.6. The van der Waals surface area contributed by atoms with E-state index in [4.69, 9.17) is 0 Å². The lowest BCUT2D eigenvalue weighted by molar-refractivity contribution is -0.142. The number of aryl methyl sites for hydroxylation is 1. The van der Waals surface area contributed by atoms with Crippen LogP contribution in [0.2, 0.25) is 0 Å². The van der Waals surface area contributed by atoms with E-state index in [1.54, 1.807) is 0 Å². The molecule has 1 saturated carbocycles. The van der Waals surface area contributed by atoms with Crippen molar-refractivity contribution < 1.29 is 35.1 Å². The summed E-state index contributed by atoms with van der Waals surface area (Å²) in [5, 5.41) is 2.56. The lowest BCUT2D eigenvalue weighted by Gasteiger charge is -2.13. The molecule has 36 heavy (non-hydrogen) atoms. The largest absolute Gasteiger partial charge is 0.434 e. The Bertz CT molecular complexity index is 1230. The van der Waals surface area contributed by atoms with Crippen LogP contribution in [0.3, 0.4) is 0 Å². The number of anilines is 2. The van der Waals surface area contributed by atoms with Crippen LogP contribution in [0, 0.1) is 5.92 Å². The van der Waals surface area contributed by atoms with Crippen molar-refractivity contribution in [1.29, 1.82) is 0 Å². The Morgan fingerprint density at radius 3 is 2.36 bits per heavy atom. The van der Waals surface area contributed by atoms with Crippen LogP contribution in [0.25, 0.3) is 11.5 Å². The molecule has 3 heterocycles. The standard InChI is InChI=1S/C21H17F8N7/c22-19(23)5-3-11(8-19)1-2-16-34-17(13-9-30-10-15(33-13)21(27,28)29)36-18(35-16)32-12-4-6-31-14(7-12)20(24,25)26/h4,6-7,9-11H,1-3,5,8H2,(H,31,32,34,35,36)/t11-/m0/s1. The second-order valence-corrected chi connectivity index (χ2v) is 8.24. The quantitative estimate of drug-likeness (QED) is 0.408. The highest BCUT2D eigenvalue weighted by Gasteiger charge is 2.39. The third-order valence-corrected chi connectivity index (χ3v) is 5.42. The zero-order valence-corrected chi connectivity index (χ0v) is 18.2. The fraction of sp³-hybridized carbons (Fsp3) is 0.429. The summed E-state index contributed by atoms with van der Waals surface area (Å²) in [5.74, 6) is -3.61. The molecule has 1 atom stereocenters. The lowest BCUT2D eigenvalue weighted by atomic mass is 10.0. The molecular weight excluding hydrogens is 502 g/mol. The molecule has 0 spiro atoms. The number of alkyl halides is 8. The number of halogens is 8. The summed E-state index contributed by atoms with van der Waals surface area (Å²) in [7, 11) is 0. The average Bonchev–Trinajstić information content (AvgIpc) is 3.15. The zero-order chi connectivity index (χ0) is 26.1. The van der Waals surface area contributed by atoms with Crippen molar-refractivity contribution in [1.82, 2.24) is 29.9 Å². The van der Waals surface area contributed by atoms with Gasteiger partial charge in [0, 0.05) is 31.1 Å². The van der Waals surface area contributed by atoms with Gasteiger partial charge in [-0.05, 0) is 30.9 Å². The van der Waals surface area contributed by atoms with Crippen molar-refractivity contribution in [3.63, 3.8) is 0 Å². The Kier molecular flexibility index (Phi) is 6.75. The predicted molar refractivity (Wildman–Crippen MR) is 109 cm³/mol. The fourth-order valence-corrected chi connectivity index (χ4v) is 3.73. The SMILES string of the molecule is FC1(F)CC[C@H](CCc2nc(Nc3ccnc(C(F)(F)F)c3)nc(-c3cncc(C(F)(F)F)n3)n2)C1. The molecule has 0 radical (unpaired) electrons.